The van der Waals surface area contributed by atoms with Crippen molar-refractivity contribution in [1.29, 1.82) is 0 Å². The molecule has 0 aromatic heterocycles. The van der Waals surface area contributed by atoms with Crippen molar-refractivity contribution >= 4 is 21.7 Å². The second-order valence-electron chi connectivity index (χ2n) is 6.14. The summed E-state index contributed by atoms with van der Waals surface area (Å²) in [5.74, 6) is -1.58. The van der Waals surface area contributed by atoms with Gasteiger partial charge in [0.05, 0.1) is 23.0 Å². The number of carboxylic acids is 1. The second-order valence-corrected chi connectivity index (χ2v) is 8.42. The first-order valence-electron chi connectivity index (χ1n) is 8.10. The highest BCUT2D eigenvalue weighted by molar-refractivity contribution is 7.91. The van der Waals surface area contributed by atoms with Gasteiger partial charge in [-0.3, -0.25) is 9.59 Å². The fourth-order valence-corrected chi connectivity index (χ4v) is 4.07. The Hall–Kier alpha value is -1.89. The number of aliphatic carboxylic acids is 1. The van der Waals surface area contributed by atoms with E-state index in [-0.39, 0.29) is 29.0 Å². The summed E-state index contributed by atoms with van der Waals surface area (Å²) in [4.78, 5) is 25.6. The molecule has 1 N–H and O–H groups in total. The molecule has 0 saturated carbocycles. The molecular weight excluding hydrogens is 330 g/mol. The molecule has 132 valence electrons. The Balaban J connectivity index is 2.15. The quantitative estimate of drug-likeness (QED) is 0.870. The molecule has 0 unspecified atom stereocenters. The highest BCUT2D eigenvalue weighted by Crippen LogP contribution is 2.25. The van der Waals surface area contributed by atoms with Gasteiger partial charge in [0, 0.05) is 12.6 Å². The molecule has 1 saturated heterocycles. The Kier molecular flexibility index (Phi) is 5.64. The fourth-order valence-electron chi connectivity index (χ4n) is 3.12. The molecule has 1 fully saturated rings. The molecule has 0 radical (unpaired) electrons. The van der Waals surface area contributed by atoms with Crippen LogP contribution in [0.25, 0.3) is 0 Å². The highest BCUT2D eigenvalue weighted by atomic mass is 32.2. The molecule has 0 aliphatic carbocycles. The van der Waals surface area contributed by atoms with Gasteiger partial charge in [-0.15, -0.1) is 0 Å². The topological polar surface area (TPSA) is 91.8 Å². The minimum atomic E-state index is -3.31. The number of nitrogens with zero attached hydrogens (tertiary/aromatic N) is 1. The van der Waals surface area contributed by atoms with Gasteiger partial charge in [-0.05, 0) is 37.5 Å². The monoisotopic (exact) mass is 353 g/mol. The zero-order valence-electron chi connectivity index (χ0n) is 13.9. The summed E-state index contributed by atoms with van der Waals surface area (Å²) in [6.07, 6.45) is 1.31. The lowest BCUT2D eigenvalue weighted by molar-refractivity contribution is -0.148. The van der Waals surface area contributed by atoms with E-state index in [4.69, 9.17) is 0 Å². The van der Waals surface area contributed by atoms with E-state index >= 15 is 0 Å². The summed E-state index contributed by atoms with van der Waals surface area (Å²) < 4.78 is 23.9. The van der Waals surface area contributed by atoms with Crippen molar-refractivity contribution in [1.82, 2.24) is 4.90 Å². The molecule has 1 aromatic carbocycles. The van der Waals surface area contributed by atoms with Crippen LogP contribution in [-0.4, -0.2) is 48.6 Å². The summed E-state index contributed by atoms with van der Waals surface area (Å²) in [6.45, 7) is 3.87. The average molecular weight is 353 g/mol. The lowest BCUT2D eigenvalue weighted by atomic mass is 9.90. The van der Waals surface area contributed by atoms with E-state index in [1.165, 1.54) is 12.1 Å². The molecule has 2 atom stereocenters. The summed E-state index contributed by atoms with van der Waals surface area (Å²) in [5, 5.41) is 9.25. The van der Waals surface area contributed by atoms with E-state index < -0.39 is 21.7 Å². The number of piperidine rings is 1. The van der Waals surface area contributed by atoms with Crippen LogP contribution in [0.3, 0.4) is 0 Å². The molecule has 1 heterocycles. The lowest BCUT2D eigenvalue weighted by Crippen LogP contribution is -2.49. The maximum Gasteiger partial charge on any atom is 0.308 e. The van der Waals surface area contributed by atoms with Crippen molar-refractivity contribution < 1.29 is 23.1 Å². The van der Waals surface area contributed by atoms with Gasteiger partial charge >= 0.3 is 5.97 Å². The SMILES string of the molecule is CCS(=O)(=O)c1cccc(CC(=O)N2CCC[C@H](C(=O)O)[C@@H]2C)c1. The molecule has 6 nitrogen and oxygen atoms in total. The van der Waals surface area contributed by atoms with Gasteiger partial charge in [-0.2, -0.15) is 0 Å². The molecule has 0 spiro atoms. The van der Waals surface area contributed by atoms with Crippen LogP contribution in [0.1, 0.15) is 32.3 Å². The minimum absolute atomic E-state index is 0.00779. The Labute approximate surface area is 142 Å². The first-order chi connectivity index (χ1) is 11.3. The Morgan fingerprint density at radius 3 is 2.67 bits per heavy atom. The van der Waals surface area contributed by atoms with Crippen LogP contribution in [0.15, 0.2) is 29.2 Å². The number of rotatable bonds is 5. The van der Waals surface area contributed by atoms with Crippen LogP contribution in [-0.2, 0) is 25.8 Å². The molecular formula is C17H23NO5S. The third kappa shape index (κ3) is 3.95. The summed E-state index contributed by atoms with van der Waals surface area (Å²) in [7, 11) is -3.31. The van der Waals surface area contributed by atoms with Gasteiger partial charge in [0.15, 0.2) is 9.84 Å². The number of hydrogen-bond donors (Lipinski definition) is 1. The van der Waals surface area contributed by atoms with Gasteiger partial charge < -0.3 is 10.0 Å². The first-order valence-corrected chi connectivity index (χ1v) is 9.75. The van der Waals surface area contributed by atoms with Gasteiger partial charge in [0.1, 0.15) is 0 Å². The standard InChI is InChI=1S/C17H23NO5S/c1-3-24(22,23)14-7-4-6-13(10-14)11-16(19)18-9-5-8-15(12(18)2)17(20)21/h4,6-7,10,12,15H,3,5,8-9,11H2,1-2H3,(H,20,21)/t12-,15-/m0/s1. The van der Waals surface area contributed by atoms with E-state index in [1.807, 2.05) is 0 Å². The highest BCUT2D eigenvalue weighted by Gasteiger charge is 2.35. The third-order valence-electron chi connectivity index (χ3n) is 4.62. The smallest absolute Gasteiger partial charge is 0.308 e. The van der Waals surface area contributed by atoms with Gasteiger partial charge in [-0.1, -0.05) is 19.1 Å². The summed E-state index contributed by atoms with van der Waals surface area (Å²) in [6, 6.07) is 6.05. The predicted octanol–water partition coefficient (Wildman–Crippen LogP) is 1.73. The molecule has 1 aliphatic heterocycles. The molecule has 0 bridgehead atoms. The van der Waals surface area contributed by atoms with E-state index in [1.54, 1.807) is 30.9 Å². The Morgan fingerprint density at radius 1 is 1.33 bits per heavy atom. The first kappa shape index (κ1) is 18.4. The van der Waals surface area contributed by atoms with Crippen LogP contribution in [0.5, 0.6) is 0 Å². The lowest BCUT2D eigenvalue weighted by Gasteiger charge is -2.37. The Morgan fingerprint density at radius 2 is 2.04 bits per heavy atom. The number of likely N-dealkylation sites (tertiary alicyclic amines) is 1. The van der Waals surface area contributed by atoms with E-state index in [2.05, 4.69) is 0 Å². The summed E-state index contributed by atoms with van der Waals surface area (Å²) in [5.41, 5.74) is 0.624. The van der Waals surface area contributed by atoms with Crippen LogP contribution in [0.4, 0.5) is 0 Å². The third-order valence-corrected chi connectivity index (χ3v) is 6.35. The second kappa shape index (κ2) is 7.34. The maximum atomic E-state index is 12.6. The zero-order valence-corrected chi connectivity index (χ0v) is 14.8. The normalized spacial score (nSPS) is 21.5. The van der Waals surface area contributed by atoms with Crippen molar-refractivity contribution in [2.45, 2.75) is 44.0 Å². The Bertz CT molecular complexity index is 728. The van der Waals surface area contributed by atoms with Gasteiger partial charge in [0.2, 0.25) is 5.91 Å². The van der Waals surface area contributed by atoms with Crippen molar-refractivity contribution in [2.75, 3.05) is 12.3 Å². The minimum Gasteiger partial charge on any atom is -0.481 e. The summed E-state index contributed by atoms with van der Waals surface area (Å²) >= 11 is 0. The van der Waals surface area contributed by atoms with Gasteiger partial charge in [-0.25, -0.2) is 8.42 Å². The van der Waals surface area contributed by atoms with Crippen LogP contribution in [0, 0.1) is 5.92 Å². The number of amides is 1. The molecule has 24 heavy (non-hydrogen) atoms. The van der Waals surface area contributed by atoms with Crippen molar-refractivity contribution in [3.05, 3.63) is 29.8 Å². The van der Waals surface area contributed by atoms with E-state index in [0.717, 1.165) is 0 Å². The number of hydrogen-bond acceptors (Lipinski definition) is 4. The average Bonchev–Trinajstić information content (AvgIpc) is 2.55. The van der Waals surface area contributed by atoms with Crippen molar-refractivity contribution in [3.8, 4) is 0 Å². The zero-order chi connectivity index (χ0) is 17.9. The molecule has 1 amide bonds. The van der Waals surface area contributed by atoms with Crippen LogP contribution < -0.4 is 0 Å². The maximum absolute atomic E-state index is 12.6. The molecule has 1 aliphatic rings. The van der Waals surface area contributed by atoms with E-state index in [9.17, 15) is 23.1 Å². The number of carbonyl (C=O) groups is 2. The number of sulfone groups is 1. The van der Waals surface area contributed by atoms with Crippen LogP contribution in [0.2, 0.25) is 0 Å². The fraction of sp³-hybridized carbons (Fsp3) is 0.529. The predicted molar refractivity (Wildman–Crippen MR) is 89.4 cm³/mol. The largest absolute Gasteiger partial charge is 0.481 e. The molecule has 2 rings (SSSR count). The molecule has 7 heteroatoms. The number of carbonyl (C=O) groups excluding carboxylic acids is 1. The van der Waals surface area contributed by atoms with Crippen molar-refractivity contribution in [3.63, 3.8) is 0 Å². The van der Waals surface area contributed by atoms with Crippen molar-refractivity contribution in [2.24, 2.45) is 5.92 Å². The number of carboxylic acid groups (broad SMARTS) is 1. The van der Waals surface area contributed by atoms with Gasteiger partial charge in [0.25, 0.3) is 0 Å². The number of benzene rings is 1. The van der Waals surface area contributed by atoms with E-state index in [0.29, 0.717) is 24.9 Å². The van der Waals surface area contributed by atoms with Crippen LogP contribution >= 0.6 is 0 Å². The molecule has 1 aromatic rings.